The van der Waals surface area contributed by atoms with Gasteiger partial charge in [0.25, 0.3) is 5.56 Å². The van der Waals surface area contributed by atoms with Crippen LogP contribution in [-0.2, 0) is 6.54 Å². The molecule has 0 aliphatic heterocycles. The van der Waals surface area contributed by atoms with Crippen molar-refractivity contribution in [2.75, 3.05) is 5.73 Å². The van der Waals surface area contributed by atoms with Crippen LogP contribution in [0.5, 0.6) is 0 Å². The van der Waals surface area contributed by atoms with E-state index in [4.69, 9.17) is 5.73 Å². The number of nitrogens with zero attached hydrogens (tertiary/aromatic N) is 1. The smallest absolute Gasteiger partial charge is 0.330 e. The van der Waals surface area contributed by atoms with Crippen molar-refractivity contribution in [3.63, 3.8) is 0 Å². The topological polar surface area (TPSA) is 80.9 Å². The monoisotopic (exact) mass is 235 g/mol. The summed E-state index contributed by atoms with van der Waals surface area (Å²) in [4.78, 5) is 24.6. The Kier molecular flexibility index (Phi) is 2.78. The predicted octanol–water partition coefficient (Wildman–Crippen LogP) is 0.306. The number of aromatic nitrogens is 2. The zero-order valence-corrected chi connectivity index (χ0v) is 8.81. The Morgan fingerprint density at radius 2 is 1.88 bits per heavy atom. The van der Waals surface area contributed by atoms with Crippen molar-refractivity contribution in [1.82, 2.24) is 9.55 Å². The molecule has 0 fully saturated rings. The first kappa shape index (κ1) is 11.1. The molecular formula is C11H10FN3O2. The second-order valence-corrected chi connectivity index (χ2v) is 3.58. The molecule has 0 saturated carbocycles. The first-order chi connectivity index (χ1) is 8.06. The van der Waals surface area contributed by atoms with Gasteiger partial charge in [-0.2, -0.15) is 0 Å². The number of halogens is 1. The average molecular weight is 235 g/mol. The number of hydrogen-bond acceptors (Lipinski definition) is 3. The maximum atomic E-state index is 12.7. The van der Waals surface area contributed by atoms with Crippen LogP contribution in [0.3, 0.4) is 0 Å². The van der Waals surface area contributed by atoms with E-state index in [1.54, 1.807) is 12.1 Å². The number of nitrogen functional groups attached to an aromatic ring is 1. The first-order valence-corrected chi connectivity index (χ1v) is 4.90. The zero-order chi connectivity index (χ0) is 12.4. The van der Waals surface area contributed by atoms with E-state index in [0.29, 0.717) is 5.56 Å². The van der Waals surface area contributed by atoms with Crippen LogP contribution in [-0.4, -0.2) is 9.55 Å². The number of nitrogens with two attached hydrogens (primary N) is 1. The number of nitrogens with one attached hydrogen (secondary N) is 1. The molecule has 0 atom stereocenters. The van der Waals surface area contributed by atoms with Crippen molar-refractivity contribution in [1.29, 1.82) is 0 Å². The van der Waals surface area contributed by atoms with Gasteiger partial charge in [-0.15, -0.1) is 0 Å². The Morgan fingerprint density at radius 1 is 1.24 bits per heavy atom. The molecule has 88 valence electrons. The fourth-order valence-corrected chi connectivity index (χ4v) is 1.47. The number of aromatic amines is 1. The number of anilines is 1. The maximum absolute atomic E-state index is 12.7. The largest absolute Gasteiger partial charge is 0.385 e. The van der Waals surface area contributed by atoms with Gasteiger partial charge < -0.3 is 5.73 Å². The fourth-order valence-electron chi connectivity index (χ4n) is 1.47. The standard InChI is InChI=1S/C11H10FN3O2/c12-8-3-1-7(2-4-8)6-15-9(13)5-10(16)14-11(15)17/h1-5H,6,13H2,(H,14,16,17). The normalized spacial score (nSPS) is 10.4. The van der Waals surface area contributed by atoms with E-state index in [2.05, 4.69) is 4.98 Å². The number of benzene rings is 1. The molecule has 2 aromatic rings. The quantitative estimate of drug-likeness (QED) is 0.785. The molecule has 1 aromatic carbocycles. The molecule has 0 amide bonds. The number of H-pyrrole nitrogens is 1. The highest BCUT2D eigenvalue weighted by Crippen LogP contribution is 2.05. The molecular weight excluding hydrogens is 225 g/mol. The molecule has 1 aromatic heterocycles. The molecule has 2 rings (SSSR count). The lowest BCUT2D eigenvalue weighted by Gasteiger charge is -2.08. The highest BCUT2D eigenvalue weighted by molar-refractivity contribution is 5.28. The molecule has 3 N–H and O–H groups in total. The maximum Gasteiger partial charge on any atom is 0.330 e. The summed E-state index contributed by atoms with van der Waals surface area (Å²) in [6, 6.07) is 6.81. The molecule has 0 spiro atoms. The van der Waals surface area contributed by atoms with Crippen molar-refractivity contribution in [3.8, 4) is 0 Å². The summed E-state index contributed by atoms with van der Waals surface area (Å²) in [5.74, 6) is -0.279. The lowest BCUT2D eigenvalue weighted by Crippen LogP contribution is -2.31. The molecule has 0 unspecified atom stereocenters. The van der Waals surface area contributed by atoms with Gasteiger partial charge in [-0.05, 0) is 17.7 Å². The van der Waals surface area contributed by atoms with Gasteiger partial charge in [-0.25, -0.2) is 9.18 Å². The molecule has 0 saturated heterocycles. The summed E-state index contributed by atoms with van der Waals surface area (Å²) in [7, 11) is 0. The second-order valence-electron chi connectivity index (χ2n) is 3.58. The summed E-state index contributed by atoms with van der Waals surface area (Å²) in [6.45, 7) is 0.182. The van der Waals surface area contributed by atoms with Gasteiger partial charge in [0.2, 0.25) is 0 Å². The molecule has 17 heavy (non-hydrogen) atoms. The van der Waals surface area contributed by atoms with Gasteiger partial charge in [-0.1, -0.05) is 12.1 Å². The van der Waals surface area contributed by atoms with E-state index in [-0.39, 0.29) is 18.2 Å². The van der Waals surface area contributed by atoms with E-state index in [1.807, 2.05) is 0 Å². The number of rotatable bonds is 2. The van der Waals surface area contributed by atoms with Crippen molar-refractivity contribution in [2.24, 2.45) is 0 Å². The van der Waals surface area contributed by atoms with Crippen molar-refractivity contribution < 1.29 is 4.39 Å². The first-order valence-electron chi connectivity index (χ1n) is 4.90. The summed E-state index contributed by atoms with van der Waals surface area (Å²) in [5, 5.41) is 0. The van der Waals surface area contributed by atoms with E-state index in [9.17, 15) is 14.0 Å². The van der Waals surface area contributed by atoms with Gasteiger partial charge in [0, 0.05) is 6.07 Å². The lowest BCUT2D eigenvalue weighted by molar-refractivity contribution is 0.626. The second kappa shape index (κ2) is 4.25. The molecule has 6 heteroatoms. The van der Waals surface area contributed by atoms with Gasteiger partial charge in [0.05, 0.1) is 6.54 Å². The Hall–Kier alpha value is -2.37. The molecule has 0 bridgehead atoms. The number of hydrogen-bond donors (Lipinski definition) is 2. The third kappa shape index (κ3) is 2.41. The van der Waals surface area contributed by atoms with Crippen LogP contribution in [0.4, 0.5) is 10.2 Å². The van der Waals surface area contributed by atoms with Crippen molar-refractivity contribution >= 4 is 5.82 Å². The van der Waals surface area contributed by atoms with Crippen LogP contribution in [0.15, 0.2) is 39.9 Å². The Morgan fingerprint density at radius 3 is 2.47 bits per heavy atom. The van der Waals surface area contributed by atoms with Crippen molar-refractivity contribution in [2.45, 2.75) is 6.54 Å². The predicted molar refractivity (Wildman–Crippen MR) is 61.2 cm³/mol. The van der Waals surface area contributed by atoms with Gasteiger partial charge in [0.1, 0.15) is 11.6 Å². The van der Waals surface area contributed by atoms with Crippen LogP contribution in [0.1, 0.15) is 5.56 Å². The lowest BCUT2D eigenvalue weighted by atomic mass is 10.2. The fraction of sp³-hybridized carbons (Fsp3) is 0.0909. The third-order valence-corrected chi connectivity index (χ3v) is 2.32. The van der Waals surface area contributed by atoms with E-state index in [0.717, 1.165) is 6.07 Å². The Labute approximate surface area is 95.3 Å². The molecule has 5 nitrogen and oxygen atoms in total. The zero-order valence-electron chi connectivity index (χ0n) is 8.81. The van der Waals surface area contributed by atoms with Crippen LogP contribution in [0.2, 0.25) is 0 Å². The van der Waals surface area contributed by atoms with Crippen LogP contribution < -0.4 is 17.0 Å². The summed E-state index contributed by atoms with van der Waals surface area (Å²) >= 11 is 0. The highest BCUT2D eigenvalue weighted by atomic mass is 19.1. The van der Waals surface area contributed by atoms with E-state index >= 15 is 0 Å². The average Bonchev–Trinajstić information content (AvgIpc) is 2.26. The van der Waals surface area contributed by atoms with E-state index < -0.39 is 11.2 Å². The molecule has 1 heterocycles. The summed E-state index contributed by atoms with van der Waals surface area (Å²) < 4.78 is 13.9. The van der Waals surface area contributed by atoms with E-state index in [1.165, 1.54) is 16.7 Å². The minimum Gasteiger partial charge on any atom is -0.385 e. The Bertz CT molecular complexity index is 643. The van der Waals surface area contributed by atoms with Gasteiger partial charge in [-0.3, -0.25) is 14.3 Å². The van der Waals surface area contributed by atoms with Crippen molar-refractivity contribution in [3.05, 3.63) is 62.6 Å². The van der Waals surface area contributed by atoms with Gasteiger partial charge >= 0.3 is 5.69 Å². The Balaban J connectivity index is 2.40. The van der Waals surface area contributed by atoms with Gasteiger partial charge in [0.15, 0.2) is 0 Å². The molecule has 0 radical (unpaired) electrons. The van der Waals surface area contributed by atoms with Crippen LogP contribution >= 0.6 is 0 Å². The minimum absolute atomic E-state index is 0.0723. The van der Waals surface area contributed by atoms with Crippen LogP contribution in [0, 0.1) is 5.82 Å². The third-order valence-electron chi connectivity index (χ3n) is 2.32. The molecule has 0 aliphatic rings. The van der Waals surface area contributed by atoms with Crippen LogP contribution in [0.25, 0.3) is 0 Å². The molecule has 0 aliphatic carbocycles. The minimum atomic E-state index is -0.584. The highest BCUT2D eigenvalue weighted by Gasteiger charge is 2.03. The summed E-state index contributed by atoms with van der Waals surface area (Å²) in [5.41, 5.74) is 5.16. The SMILES string of the molecule is Nc1cc(=O)[nH]c(=O)n1Cc1ccc(F)cc1. The summed E-state index contributed by atoms with van der Waals surface area (Å²) in [6.07, 6.45) is 0.